The molecule has 1 atom stereocenters. The Hall–Kier alpha value is -1.84. The highest BCUT2D eigenvalue weighted by Crippen LogP contribution is 2.17. The standard InChI is InChI=1S/C18H24N2O/c1-20(13-15-8-10-18(21-2)11-9-15)14-17(12-19)16-6-4-3-5-7-16/h3-11,17H,12-14,19H2,1-2H3. The van der Waals surface area contributed by atoms with Crippen LogP contribution in [0, 0.1) is 0 Å². The summed E-state index contributed by atoms with van der Waals surface area (Å²) in [5.74, 6) is 1.26. The molecule has 3 nitrogen and oxygen atoms in total. The van der Waals surface area contributed by atoms with Gasteiger partial charge in [-0.1, -0.05) is 42.5 Å². The number of likely N-dealkylation sites (N-methyl/N-ethyl adjacent to an activating group) is 1. The van der Waals surface area contributed by atoms with Crippen LogP contribution in [0.25, 0.3) is 0 Å². The minimum absolute atomic E-state index is 0.370. The fourth-order valence-electron chi connectivity index (χ4n) is 2.52. The number of ether oxygens (including phenoxy) is 1. The second-order valence-electron chi connectivity index (χ2n) is 5.39. The molecule has 112 valence electrons. The van der Waals surface area contributed by atoms with Gasteiger partial charge < -0.3 is 15.4 Å². The van der Waals surface area contributed by atoms with Crippen LogP contribution in [0.2, 0.25) is 0 Å². The number of hydrogen-bond donors (Lipinski definition) is 1. The van der Waals surface area contributed by atoms with E-state index in [-0.39, 0.29) is 0 Å². The first-order valence-corrected chi connectivity index (χ1v) is 7.29. The molecule has 0 heterocycles. The quantitative estimate of drug-likeness (QED) is 0.849. The molecule has 0 aliphatic heterocycles. The highest BCUT2D eigenvalue weighted by atomic mass is 16.5. The molecule has 0 aliphatic carbocycles. The molecule has 0 spiro atoms. The predicted molar refractivity (Wildman–Crippen MR) is 87.6 cm³/mol. The molecule has 0 aliphatic rings. The predicted octanol–water partition coefficient (Wildman–Crippen LogP) is 2.87. The first-order chi connectivity index (χ1) is 10.2. The molecule has 21 heavy (non-hydrogen) atoms. The minimum atomic E-state index is 0.370. The summed E-state index contributed by atoms with van der Waals surface area (Å²) >= 11 is 0. The van der Waals surface area contributed by atoms with Gasteiger partial charge in [0.25, 0.3) is 0 Å². The van der Waals surface area contributed by atoms with E-state index in [1.165, 1.54) is 11.1 Å². The molecule has 0 saturated carbocycles. The summed E-state index contributed by atoms with van der Waals surface area (Å²) in [6.07, 6.45) is 0. The fraction of sp³-hybridized carbons (Fsp3) is 0.333. The largest absolute Gasteiger partial charge is 0.497 e. The van der Waals surface area contributed by atoms with Crippen molar-refractivity contribution < 1.29 is 4.74 Å². The van der Waals surface area contributed by atoms with Gasteiger partial charge in [-0.15, -0.1) is 0 Å². The van der Waals surface area contributed by atoms with E-state index in [1.54, 1.807) is 7.11 Å². The molecule has 2 N–H and O–H groups in total. The van der Waals surface area contributed by atoms with Gasteiger partial charge in [0.15, 0.2) is 0 Å². The molecule has 0 aromatic heterocycles. The Labute approximate surface area is 127 Å². The topological polar surface area (TPSA) is 38.5 Å². The molecule has 0 bridgehead atoms. The zero-order valence-electron chi connectivity index (χ0n) is 12.8. The van der Waals surface area contributed by atoms with Crippen molar-refractivity contribution in [1.82, 2.24) is 4.90 Å². The maximum Gasteiger partial charge on any atom is 0.118 e. The molecule has 2 aromatic carbocycles. The Kier molecular flexibility index (Phi) is 5.78. The number of nitrogens with two attached hydrogens (primary N) is 1. The Bertz CT molecular complexity index is 525. The first-order valence-electron chi connectivity index (χ1n) is 7.29. The van der Waals surface area contributed by atoms with E-state index >= 15 is 0 Å². The van der Waals surface area contributed by atoms with Crippen LogP contribution < -0.4 is 10.5 Å². The van der Waals surface area contributed by atoms with Crippen LogP contribution in [0.4, 0.5) is 0 Å². The summed E-state index contributed by atoms with van der Waals surface area (Å²) in [6, 6.07) is 18.7. The zero-order chi connectivity index (χ0) is 15.1. The Morgan fingerprint density at radius 1 is 1.05 bits per heavy atom. The van der Waals surface area contributed by atoms with Gasteiger partial charge in [0.1, 0.15) is 5.75 Å². The lowest BCUT2D eigenvalue weighted by Gasteiger charge is -2.23. The third kappa shape index (κ3) is 4.59. The van der Waals surface area contributed by atoms with Gasteiger partial charge in [-0.3, -0.25) is 0 Å². The van der Waals surface area contributed by atoms with Crippen LogP contribution in [0.15, 0.2) is 54.6 Å². The number of benzene rings is 2. The summed E-state index contributed by atoms with van der Waals surface area (Å²) in [5, 5.41) is 0. The first kappa shape index (κ1) is 15.5. The maximum absolute atomic E-state index is 5.94. The molecule has 2 rings (SSSR count). The Balaban J connectivity index is 1.94. The van der Waals surface area contributed by atoms with Crippen LogP contribution >= 0.6 is 0 Å². The third-order valence-electron chi connectivity index (χ3n) is 3.70. The van der Waals surface area contributed by atoms with E-state index in [9.17, 15) is 0 Å². The summed E-state index contributed by atoms with van der Waals surface area (Å²) in [7, 11) is 3.82. The Morgan fingerprint density at radius 2 is 1.71 bits per heavy atom. The van der Waals surface area contributed by atoms with Crippen molar-refractivity contribution in [2.45, 2.75) is 12.5 Å². The molecular formula is C18H24N2O. The lowest BCUT2D eigenvalue weighted by Crippen LogP contribution is -2.28. The van der Waals surface area contributed by atoms with E-state index in [0.29, 0.717) is 12.5 Å². The SMILES string of the molecule is COc1ccc(CN(C)CC(CN)c2ccccc2)cc1. The summed E-state index contributed by atoms with van der Waals surface area (Å²) in [6.45, 7) is 2.52. The van der Waals surface area contributed by atoms with Crippen LogP contribution in [-0.2, 0) is 6.54 Å². The van der Waals surface area contributed by atoms with Gasteiger partial charge in [0.2, 0.25) is 0 Å². The van der Waals surface area contributed by atoms with Crippen molar-refractivity contribution in [3.8, 4) is 5.75 Å². The van der Waals surface area contributed by atoms with E-state index in [4.69, 9.17) is 10.5 Å². The number of rotatable bonds is 7. The summed E-state index contributed by atoms with van der Waals surface area (Å²) in [5.41, 5.74) is 8.53. The molecule has 0 fully saturated rings. The highest BCUT2D eigenvalue weighted by Gasteiger charge is 2.12. The monoisotopic (exact) mass is 284 g/mol. The third-order valence-corrected chi connectivity index (χ3v) is 3.70. The van der Waals surface area contributed by atoms with Gasteiger partial charge in [0, 0.05) is 25.6 Å². The van der Waals surface area contributed by atoms with Gasteiger partial charge in [-0.25, -0.2) is 0 Å². The molecule has 1 unspecified atom stereocenters. The molecule has 0 saturated heterocycles. The Morgan fingerprint density at radius 3 is 2.29 bits per heavy atom. The maximum atomic E-state index is 5.94. The van der Waals surface area contributed by atoms with E-state index in [1.807, 2.05) is 18.2 Å². The van der Waals surface area contributed by atoms with Crippen LogP contribution in [0.1, 0.15) is 17.0 Å². The second-order valence-corrected chi connectivity index (χ2v) is 5.39. The van der Waals surface area contributed by atoms with E-state index < -0.39 is 0 Å². The van der Waals surface area contributed by atoms with Crippen molar-refractivity contribution in [1.29, 1.82) is 0 Å². The normalized spacial score (nSPS) is 12.4. The number of nitrogens with zero attached hydrogens (tertiary/aromatic N) is 1. The lowest BCUT2D eigenvalue weighted by atomic mass is 9.98. The molecule has 3 heteroatoms. The van der Waals surface area contributed by atoms with E-state index in [0.717, 1.165) is 18.8 Å². The van der Waals surface area contributed by atoms with Crippen LogP contribution in [-0.4, -0.2) is 32.1 Å². The molecule has 2 aromatic rings. The molecular weight excluding hydrogens is 260 g/mol. The fourth-order valence-corrected chi connectivity index (χ4v) is 2.52. The average molecular weight is 284 g/mol. The minimum Gasteiger partial charge on any atom is -0.497 e. The van der Waals surface area contributed by atoms with Crippen molar-refractivity contribution in [3.63, 3.8) is 0 Å². The van der Waals surface area contributed by atoms with Crippen LogP contribution in [0.5, 0.6) is 5.75 Å². The summed E-state index contributed by atoms with van der Waals surface area (Å²) in [4.78, 5) is 2.31. The van der Waals surface area contributed by atoms with Gasteiger partial charge in [-0.2, -0.15) is 0 Å². The highest BCUT2D eigenvalue weighted by molar-refractivity contribution is 5.27. The van der Waals surface area contributed by atoms with Gasteiger partial charge in [0.05, 0.1) is 7.11 Å². The van der Waals surface area contributed by atoms with Gasteiger partial charge >= 0.3 is 0 Å². The van der Waals surface area contributed by atoms with Crippen molar-refractivity contribution >= 4 is 0 Å². The zero-order valence-corrected chi connectivity index (χ0v) is 12.8. The van der Waals surface area contributed by atoms with Crippen molar-refractivity contribution in [3.05, 3.63) is 65.7 Å². The average Bonchev–Trinajstić information content (AvgIpc) is 2.54. The van der Waals surface area contributed by atoms with Crippen molar-refractivity contribution in [2.75, 3.05) is 27.2 Å². The smallest absolute Gasteiger partial charge is 0.118 e. The van der Waals surface area contributed by atoms with Crippen LogP contribution in [0.3, 0.4) is 0 Å². The number of hydrogen-bond acceptors (Lipinski definition) is 3. The number of methoxy groups -OCH3 is 1. The molecule has 0 amide bonds. The molecule has 0 radical (unpaired) electrons. The second kappa shape index (κ2) is 7.81. The van der Waals surface area contributed by atoms with Crippen molar-refractivity contribution in [2.24, 2.45) is 5.73 Å². The lowest BCUT2D eigenvalue weighted by molar-refractivity contribution is 0.304. The summed E-state index contributed by atoms with van der Waals surface area (Å²) < 4.78 is 5.18. The van der Waals surface area contributed by atoms with E-state index in [2.05, 4.69) is 48.3 Å². The van der Waals surface area contributed by atoms with Gasteiger partial charge in [-0.05, 0) is 30.3 Å².